The van der Waals surface area contributed by atoms with Crippen molar-refractivity contribution in [3.63, 3.8) is 0 Å². The first-order chi connectivity index (χ1) is 25.5. The van der Waals surface area contributed by atoms with Crippen LogP contribution < -0.4 is 20.1 Å². The lowest BCUT2D eigenvalue weighted by Crippen LogP contribution is -2.35. The molecule has 0 bridgehead atoms. The topological polar surface area (TPSA) is 210 Å². The van der Waals surface area contributed by atoms with Gasteiger partial charge in [0.05, 0.1) is 13.2 Å². The van der Waals surface area contributed by atoms with Crippen molar-refractivity contribution in [1.82, 2.24) is 10.6 Å². The first-order valence-electron chi connectivity index (χ1n) is 18.2. The molecular formula is C40H62N2O12. The Bertz CT molecular complexity index is 1320. The third-order valence-electron chi connectivity index (χ3n) is 6.90. The fourth-order valence-electron chi connectivity index (χ4n) is 4.13. The van der Waals surface area contributed by atoms with Gasteiger partial charge in [-0.15, -0.1) is 0 Å². The number of rotatable bonds is 24. The molecule has 0 saturated heterocycles. The lowest BCUT2D eigenvalue weighted by Gasteiger charge is -2.17. The average molecular weight is 763 g/mol. The van der Waals surface area contributed by atoms with Crippen molar-refractivity contribution in [2.45, 2.75) is 106 Å². The molecule has 0 aliphatic rings. The summed E-state index contributed by atoms with van der Waals surface area (Å²) in [5.41, 5.74) is 2.93. The van der Waals surface area contributed by atoms with Crippen LogP contribution in [0.4, 0.5) is 0 Å². The molecule has 54 heavy (non-hydrogen) atoms. The molecule has 0 saturated carbocycles. The minimum Gasteiger partial charge on any atom is -0.490 e. The second-order valence-corrected chi connectivity index (χ2v) is 12.9. The fourth-order valence-corrected chi connectivity index (χ4v) is 4.13. The van der Waals surface area contributed by atoms with Crippen molar-refractivity contribution in [3.8, 4) is 11.5 Å². The number of aliphatic carboxylic acids is 2. The molecule has 0 spiro atoms. The van der Waals surface area contributed by atoms with Crippen LogP contribution in [0, 0.1) is 0 Å². The van der Waals surface area contributed by atoms with E-state index in [1.165, 1.54) is 13.8 Å². The molecule has 2 unspecified atom stereocenters. The van der Waals surface area contributed by atoms with Gasteiger partial charge in [0.1, 0.15) is 36.9 Å². The zero-order valence-corrected chi connectivity index (χ0v) is 33.1. The zero-order chi connectivity index (χ0) is 41.1. The number of ketones is 2. The fraction of sp³-hybridized carbons (Fsp3) is 0.550. The quantitative estimate of drug-likeness (QED) is 0.0482. The smallest absolute Gasteiger partial charge is 0.328 e. The lowest BCUT2D eigenvalue weighted by molar-refractivity contribution is -0.134. The van der Waals surface area contributed by atoms with Crippen LogP contribution in [-0.4, -0.2) is 108 Å². The zero-order valence-electron chi connectivity index (χ0n) is 33.1. The van der Waals surface area contributed by atoms with Crippen LogP contribution in [0.3, 0.4) is 0 Å². The van der Waals surface area contributed by atoms with E-state index in [1.807, 2.05) is 41.5 Å². The predicted molar refractivity (Wildman–Crippen MR) is 206 cm³/mol. The van der Waals surface area contributed by atoms with E-state index in [0.717, 1.165) is 24.0 Å². The molecule has 14 heteroatoms. The molecule has 2 aromatic carbocycles. The number of ether oxygens (including phenoxy) is 4. The first-order valence-corrected chi connectivity index (χ1v) is 18.2. The minimum absolute atomic E-state index is 0.00876. The van der Waals surface area contributed by atoms with Gasteiger partial charge in [-0.25, -0.2) is 9.59 Å². The van der Waals surface area contributed by atoms with Crippen LogP contribution in [0.1, 0.15) is 100 Å². The van der Waals surface area contributed by atoms with Gasteiger partial charge in [0.2, 0.25) is 0 Å². The molecule has 0 heterocycles. The monoisotopic (exact) mass is 762 g/mol. The number of carboxylic acid groups (broad SMARTS) is 2. The van der Waals surface area contributed by atoms with Crippen LogP contribution in [0.15, 0.2) is 48.6 Å². The standard InChI is InChI=1S/2C18H29NO4.C4H4O4/c2*1-5-8-22-11-16-9-15(14(4)20)6-7-18(16)23-12-17(21)10-19-13(2)3;5-3(6)1-2-4(7)8/h2*6-7,9,13,17,19,21H,5,8,10-12H2,1-4H3;1-2H,(H,5,6)(H,7,8)/b;;2-1+. The summed E-state index contributed by atoms with van der Waals surface area (Å²) in [5, 5.41) is 41.8. The van der Waals surface area contributed by atoms with E-state index in [1.54, 1.807) is 36.4 Å². The Kier molecular flexibility index (Phi) is 27.0. The number of hydrogen-bond acceptors (Lipinski definition) is 12. The molecule has 2 aromatic rings. The van der Waals surface area contributed by atoms with E-state index in [9.17, 15) is 29.4 Å². The summed E-state index contributed by atoms with van der Waals surface area (Å²) in [6.07, 6.45) is 1.80. The van der Waals surface area contributed by atoms with Crippen molar-refractivity contribution >= 4 is 23.5 Å². The molecule has 2 rings (SSSR count). The third-order valence-corrected chi connectivity index (χ3v) is 6.90. The highest BCUT2D eigenvalue weighted by molar-refractivity contribution is 5.95. The van der Waals surface area contributed by atoms with Crippen molar-refractivity contribution in [2.24, 2.45) is 0 Å². The Balaban J connectivity index is 0.000000867. The first kappa shape index (κ1) is 49.8. The Morgan fingerprint density at radius 2 is 1.00 bits per heavy atom. The van der Waals surface area contributed by atoms with Crippen LogP contribution >= 0.6 is 0 Å². The number of aliphatic hydroxyl groups excluding tert-OH is 2. The summed E-state index contributed by atoms with van der Waals surface area (Å²) >= 11 is 0. The maximum Gasteiger partial charge on any atom is 0.328 e. The van der Waals surface area contributed by atoms with E-state index in [-0.39, 0.29) is 24.8 Å². The minimum atomic E-state index is -1.26. The van der Waals surface area contributed by atoms with E-state index in [0.29, 0.717) is 86.4 Å². The highest BCUT2D eigenvalue weighted by atomic mass is 16.5. The molecule has 14 nitrogen and oxygen atoms in total. The number of nitrogens with one attached hydrogen (secondary N) is 2. The molecule has 0 aliphatic heterocycles. The summed E-state index contributed by atoms with van der Waals surface area (Å²) < 4.78 is 22.6. The molecule has 0 aliphatic carbocycles. The number of aliphatic hydroxyl groups is 2. The molecular weight excluding hydrogens is 700 g/mol. The number of hydrogen-bond donors (Lipinski definition) is 6. The maximum absolute atomic E-state index is 11.5. The molecule has 304 valence electrons. The number of benzene rings is 2. The van der Waals surface area contributed by atoms with E-state index in [2.05, 4.69) is 10.6 Å². The Morgan fingerprint density at radius 3 is 1.28 bits per heavy atom. The molecule has 0 radical (unpaired) electrons. The summed E-state index contributed by atoms with van der Waals surface area (Å²) in [6.45, 7) is 18.7. The van der Waals surface area contributed by atoms with Crippen LogP contribution in [0.25, 0.3) is 0 Å². The Hall–Kier alpha value is -4.18. The van der Waals surface area contributed by atoms with Gasteiger partial charge in [-0.05, 0) is 63.1 Å². The Morgan fingerprint density at radius 1 is 0.648 bits per heavy atom. The van der Waals surface area contributed by atoms with Crippen LogP contribution in [-0.2, 0) is 32.3 Å². The van der Waals surface area contributed by atoms with E-state index in [4.69, 9.17) is 29.2 Å². The van der Waals surface area contributed by atoms with Gasteiger partial charge in [-0.2, -0.15) is 0 Å². The third kappa shape index (κ3) is 24.9. The predicted octanol–water partition coefficient (Wildman–Crippen LogP) is 4.82. The number of carbonyl (C=O) groups is 4. The van der Waals surface area contributed by atoms with Gasteiger partial charge in [0.15, 0.2) is 11.6 Å². The number of carboxylic acids is 2. The average Bonchev–Trinajstić information content (AvgIpc) is 3.11. The largest absolute Gasteiger partial charge is 0.490 e. The normalized spacial score (nSPS) is 12.0. The van der Waals surface area contributed by atoms with Gasteiger partial charge >= 0.3 is 11.9 Å². The van der Waals surface area contributed by atoms with Gasteiger partial charge in [0.25, 0.3) is 0 Å². The van der Waals surface area contributed by atoms with Crippen LogP contribution in [0.5, 0.6) is 11.5 Å². The van der Waals surface area contributed by atoms with Gasteiger partial charge in [0, 0.05) is 72.8 Å². The number of carbonyl (C=O) groups excluding carboxylic acids is 2. The Labute approximate surface area is 319 Å². The highest BCUT2D eigenvalue weighted by Gasteiger charge is 2.13. The van der Waals surface area contributed by atoms with Gasteiger partial charge in [-0.1, -0.05) is 41.5 Å². The SMILES string of the molecule is CCCOCc1cc(C(C)=O)ccc1OCC(O)CNC(C)C.CCCOCc1cc(C(C)=O)ccc1OCC(O)CNC(C)C.O=C(O)/C=C/C(=O)O. The van der Waals surface area contributed by atoms with Crippen molar-refractivity contribution in [2.75, 3.05) is 39.5 Å². The lowest BCUT2D eigenvalue weighted by atomic mass is 10.1. The number of Topliss-reactive ketones (excluding diaryl/α,β-unsaturated/α-hetero) is 2. The molecule has 2 atom stereocenters. The van der Waals surface area contributed by atoms with Crippen molar-refractivity contribution in [1.29, 1.82) is 0 Å². The van der Waals surface area contributed by atoms with Crippen LogP contribution in [0.2, 0.25) is 0 Å². The second kappa shape index (κ2) is 29.2. The summed E-state index contributed by atoms with van der Waals surface area (Å²) in [7, 11) is 0. The van der Waals surface area contributed by atoms with E-state index >= 15 is 0 Å². The highest BCUT2D eigenvalue weighted by Crippen LogP contribution is 2.23. The maximum atomic E-state index is 11.5. The molecule has 0 fully saturated rings. The summed E-state index contributed by atoms with van der Waals surface area (Å²) in [6, 6.07) is 11.2. The summed E-state index contributed by atoms with van der Waals surface area (Å²) in [5.74, 6) is -1.20. The van der Waals surface area contributed by atoms with Gasteiger partial charge in [-0.3, -0.25) is 9.59 Å². The van der Waals surface area contributed by atoms with Crippen molar-refractivity contribution in [3.05, 3.63) is 70.8 Å². The summed E-state index contributed by atoms with van der Waals surface area (Å²) in [4.78, 5) is 42.2. The molecule has 0 amide bonds. The molecule has 0 aromatic heterocycles. The van der Waals surface area contributed by atoms with E-state index < -0.39 is 24.1 Å². The van der Waals surface area contributed by atoms with Gasteiger partial charge < -0.3 is 50.0 Å². The van der Waals surface area contributed by atoms with Crippen molar-refractivity contribution < 1.29 is 58.6 Å². The second-order valence-electron chi connectivity index (χ2n) is 12.9. The molecule has 6 N–H and O–H groups in total.